The van der Waals surface area contributed by atoms with Crippen molar-refractivity contribution in [2.24, 2.45) is 0 Å². The highest BCUT2D eigenvalue weighted by atomic mass is 80.0. The number of benzene rings is 1. The SMILES string of the molecule is O=c1nc(C=Cc2ccccc2)nc(C(Br)(Br)Br)[nH]1. The Labute approximate surface area is 134 Å². The van der Waals surface area contributed by atoms with E-state index in [1.807, 2.05) is 36.4 Å². The van der Waals surface area contributed by atoms with E-state index in [2.05, 4.69) is 62.7 Å². The second-order valence-electron chi connectivity index (χ2n) is 3.60. The Kier molecular flexibility index (Phi) is 4.70. The lowest BCUT2D eigenvalue weighted by molar-refractivity contribution is 0.895. The number of hydrogen-bond acceptors (Lipinski definition) is 3. The first kappa shape index (κ1) is 14.6. The van der Waals surface area contributed by atoms with Crippen LogP contribution in [0.3, 0.4) is 0 Å². The van der Waals surface area contributed by atoms with Crippen LogP contribution in [0.5, 0.6) is 0 Å². The fraction of sp³-hybridized carbons (Fsp3) is 0.0833. The van der Waals surface area contributed by atoms with Gasteiger partial charge >= 0.3 is 5.69 Å². The van der Waals surface area contributed by atoms with E-state index in [9.17, 15) is 4.79 Å². The van der Waals surface area contributed by atoms with Gasteiger partial charge in [0.05, 0.1) is 0 Å². The molecule has 1 heterocycles. The molecule has 0 saturated carbocycles. The lowest BCUT2D eigenvalue weighted by atomic mass is 10.2. The average Bonchev–Trinajstić information content (AvgIpc) is 2.36. The van der Waals surface area contributed by atoms with Gasteiger partial charge in [-0.25, -0.2) is 9.78 Å². The molecule has 0 unspecified atom stereocenters. The number of aromatic nitrogens is 3. The van der Waals surface area contributed by atoms with Crippen LogP contribution in [-0.4, -0.2) is 15.0 Å². The first-order chi connectivity index (χ1) is 8.95. The molecule has 0 aliphatic heterocycles. The van der Waals surface area contributed by atoms with Crippen molar-refractivity contribution in [3.05, 3.63) is 58.0 Å². The van der Waals surface area contributed by atoms with Gasteiger partial charge in [-0.1, -0.05) is 84.2 Å². The van der Waals surface area contributed by atoms with Crippen molar-refractivity contribution in [2.75, 3.05) is 0 Å². The molecule has 2 aromatic rings. The first-order valence-corrected chi connectivity index (χ1v) is 7.62. The van der Waals surface area contributed by atoms with Crippen LogP contribution in [0.15, 0.2) is 35.1 Å². The van der Waals surface area contributed by atoms with Crippen LogP contribution in [0.1, 0.15) is 17.2 Å². The summed E-state index contributed by atoms with van der Waals surface area (Å²) in [5.41, 5.74) is 0.552. The zero-order valence-electron chi connectivity index (χ0n) is 9.48. The molecule has 0 atom stereocenters. The van der Waals surface area contributed by atoms with Crippen molar-refractivity contribution in [1.29, 1.82) is 0 Å². The van der Waals surface area contributed by atoms with Crippen LogP contribution in [0.4, 0.5) is 0 Å². The number of hydrogen-bond donors (Lipinski definition) is 1. The predicted molar refractivity (Wildman–Crippen MR) is 86.5 cm³/mol. The average molecular weight is 450 g/mol. The quantitative estimate of drug-likeness (QED) is 0.712. The smallest absolute Gasteiger partial charge is 0.291 e. The molecule has 0 aliphatic rings. The van der Waals surface area contributed by atoms with E-state index in [0.717, 1.165) is 5.56 Å². The summed E-state index contributed by atoms with van der Waals surface area (Å²) in [5.74, 6) is 0.727. The molecule has 0 bridgehead atoms. The van der Waals surface area contributed by atoms with Crippen molar-refractivity contribution in [3.63, 3.8) is 0 Å². The highest BCUT2D eigenvalue weighted by Gasteiger charge is 2.24. The Bertz CT molecular complexity index is 647. The van der Waals surface area contributed by atoms with Gasteiger partial charge in [-0.2, -0.15) is 4.98 Å². The van der Waals surface area contributed by atoms with Gasteiger partial charge in [-0.05, 0) is 11.6 Å². The van der Waals surface area contributed by atoms with Gasteiger partial charge in [0.1, 0.15) is 0 Å². The third-order valence-electron chi connectivity index (χ3n) is 2.16. The van der Waals surface area contributed by atoms with Crippen molar-refractivity contribution in [1.82, 2.24) is 15.0 Å². The molecule has 0 radical (unpaired) electrons. The van der Waals surface area contributed by atoms with Crippen LogP contribution < -0.4 is 5.69 Å². The number of H-pyrrole nitrogens is 1. The molecule has 7 heteroatoms. The van der Waals surface area contributed by atoms with E-state index in [1.54, 1.807) is 6.08 Å². The fourth-order valence-corrected chi connectivity index (χ4v) is 1.91. The van der Waals surface area contributed by atoms with E-state index < -0.39 is 7.83 Å². The molecule has 1 N–H and O–H groups in total. The molecule has 0 spiro atoms. The highest BCUT2D eigenvalue weighted by Crippen LogP contribution is 2.41. The molecular weight excluding hydrogens is 442 g/mol. The predicted octanol–water partition coefficient (Wildman–Crippen LogP) is 3.63. The summed E-state index contributed by atoms with van der Waals surface area (Å²) in [6.45, 7) is 0. The van der Waals surface area contributed by atoms with Gasteiger partial charge in [0, 0.05) is 0 Å². The van der Waals surface area contributed by atoms with Crippen molar-refractivity contribution < 1.29 is 0 Å². The van der Waals surface area contributed by atoms with E-state index in [0.29, 0.717) is 11.6 Å². The van der Waals surface area contributed by atoms with Gasteiger partial charge in [0.2, 0.25) is 0 Å². The Morgan fingerprint density at radius 3 is 2.37 bits per heavy atom. The van der Waals surface area contributed by atoms with Crippen LogP contribution in [0.25, 0.3) is 12.2 Å². The van der Waals surface area contributed by atoms with Gasteiger partial charge in [0.15, 0.2) is 13.8 Å². The Hall–Kier alpha value is -0.790. The lowest BCUT2D eigenvalue weighted by Crippen LogP contribution is -2.20. The molecule has 4 nitrogen and oxygen atoms in total. The summed E-state index contributed by atoms with van der Waals surface area (Å²) in [5, 5.41) is 0. The molecule has 0 saturated heterocycles. The topological polar surface area (TPSA) is 58.6 Å². The minimum atomic E-state index is -0.773. The third-order valence-corrected chi connectivity index (χ3v) is 3.29. The van der Waals surface area contributed by atoms with Crippen LogP contribution in [0.2, 0.25) is 0 Å². The summed E-state index contributed by atoms with van der Waals surface area (Å²) in [4.78, 5) is 22.0. The normalized spacial score (nSPS) is 11.9. The van der Waals surface area contributed by atoms with E-state index in [1.165, 1.54) is 0 Å². The highest BCUT2D eigenvalue weighted by molar-refractivity contribution is 9.38. The number of rotatable bonds is 2. The molecular formula is C12H8Br3N3O. The largest absolute Gasteiger partial charge is 0.348 e. The maximum absolute atomic E-state index is 11.5. The minimum absolute atomic E-state index is 0.338. The van der Waals surface area contributed by atoms with Crippen LogP contribution >= 0.6 is 47.8 Å². The number of nitrogens with one attached hydrogen (secondary N) is 1. The number of alkyl halides is 3. The van der Waals surface area contributed by atoms with Gasteiger partial charge in [-0.15, -0.1) is 0 Å². The molecule has 2 rings (SSSR count). The van der Waals surface area contributed by atoms with E-state index in [4.69, 9.17) is 0 Å². The van der Waals surface area contributed by atoms with E-state index >= 15 is 0 Å². The Morgan fingerprint density at radius 1 is 1.05 bits per heavy atom. The first-order valence-electron chi connectivity index (χ1n) is 5.24. The second kappa shape index (κ2) is 6.11. The molecule has 0 aliphatic carbocycles. The number of halogens is 3. The minimum Gasteiger partial charge on any atom is -0.291 e. The van der Waals surface area contributed by atoms with Crippen molar-refractivity contribution >= 4 is 59.9 Å². The third kappa shape index (κ3) is 4.36. The molecule has 0 fully saturated rings. The lowest BCUT2D eigenvalue weighted by Gasteiger charge is -2.10. The summed E-state index contributed by atoms with van der Waals surface area (Å²) >= 11 is 9.90. The van der Waals surface area contributed by atoms with E-state index in [-0.39, 0.29) is 0 Å². The standard InChI is InChI=1S/C12H8Br3N3O/c13-12(14,15)10-16-9(17-11(19)18-10)7-6-8-4-2-1-3-5-8/h1-7H,(H,16,17,18,19). The molecule has 1 aromatic carbocycles. The maximum atomic E-state index is 11.5. The number of aromatic amines is 1. The zero-order chi connectivity index (χ0) is 13.9. The zero-order valence-corrected chi connectivity index (χ0v) is 14.2. The Balaban J connectivity index is 2.34. The second-order valence-corrected chi connectivity index (χ2v) is 10.4. The maximum Gasteiger partial charge on any atom is 0.348 e. The van der Waals surface area contributed by atoms with Crippen molar-refractivity contribution in [3.8, 4) is 0 Å². The molecule has 19 heavy (non-hydrogen) atoms. The van der Waals surface area contributed by atoms with Crippen LogP contribution in [0, 0.1) is 0 Å². The van der Waals surface area contributed by atoms with Gasteiger partial charge < -0.3 is 0 Å². The molecule has 0 amide bonds. The monoisotopic (exact) mass is 447 g/mol. The van der Waals surface area contributed by atoms with Crippen LogP contribution in [-0.2, 0) is 2.14 Å². The summed E-state index contributed by atoms with van der Waals surface area (Å²) in [7, 11) is 0. The molecule has 1 aromatic heterocycles. The fourth-order valence-electron chi connectivity index (χ4n) is 1.34. The summed E-state index contributed by atoms with van der Waals surface area (Å²) in [6, 6.07) is 9.71. The molecule has 98 valence electrons. The van der Waals surface area contributed by atoms with Gasteiger partial charge in [0.25, 0.3) is 0 Å². The summed E-state index contributed by atoms with van der Waals surface area (Å²) in [6.07, 6.45) is 3.53. The summed E-state index contributed by atoms with van der Waals surface area (Å²) < 4.78 is -0.773. The van der Waals surface area contributed by atoms with Crippen molar-refractivity contribution in [2.45, 2.75) is 2.14 Å². The number of nitrogens with zero attached hydrogens (tertiary/aromatic N) is 2. The van der Waals surface area contributed by atoms with Gasteiger partial charge in [-0.3, -0.25) is 4.98 Å². The Morgan fingerprint density at radius 2 is 1.74 bits per heavy atom.